The van der Waals surface area contributed by atoms with E-state index in [1.165, 1.54) is 6.07 Å². The Labute approximate surface area is 106 Å². The van der Waals surface area contributed by atoms with E-state index in [2.05, 4.69) is 4.98 Å². The van der Waals surface area contributed by atoms with Crippen LogP contribution in [0.5, 0.6) is 0 Å². The van der Waals surface area contributed by atoms with E-state index in [1.807, 2.05) is 6.92 Å². The summed E-state index contributed by atoms with van der Waals surface area (Å²) in [6.45, 7) is 7.79. The molecular weight excluding hydrogens is 234 g/mol. The van der Waals surface area contributed by atoms with Crippen molar-refractivity contribution in [2.24, 2.45) is 0 Å². The first-order valence-electron chi connectivity index (χ1n) is 5.83. The van der Waals surface area contributed by atoms with E-state index >= 15 is 0 Å². The van der Waals surface area contributed by atoms with Crippen LogP contribution in [0.2, 0.25) is 0 Å². The minimum atomic E-state index is -0.934. The summed E-state index contributed by atoms with van der Waals surface area (Å²) < 4.78 is 0. The lowest BCUT2D eigenvalue weighted by atomic mass is 10.1. The molecule has 1 heterocycles. The van der Waals surface area contributed by atoms with Gasteiger partial charge in [-0.2, -0.15) is 0 Å². The number of aryl methyl sites for hydroxylation is 1. The molecule has 0 unspecified atom stereocenters. The number of aliphatic hydroxyl groups is 1. The number of nitrogens with zero attached hydrogens (tertiary/aromatic N) is 3. The molecule has 0 spiro atoms. The van der Waals surface area contributed by atoms with Crippen LogP contribution in [0.1, 0.15) is 26.3 Å². The highest BCUT2D eigenvalue weighted by Gasteiger charge is 2.25. The highest BCUT2D eigenvalue weighted by molar-refractivity contribution is 5.58. The molecule has 0 fully saturated rings. The van der Waals surface area contributed by atoms with Crippen LogP contribution in [-0.4, -0.2) is 33.7 Å². The smallest absolute Gasteiger partial charge is 0.311 e. The van der Waals surface area contributed by atoms with Crippen molar-refractivity contribution in [2.75, 3.05) is 18.0 Å². The van der Waals surface area contributed by atoms with Crippen molar-refractivity contribution in [3.05, 3.63) is 27.9 Å². The van der Waals surface area contributed by atoms with Gasteiger partial charge in [-0.15, -0.1) is 0 Å². The van der Waals surface area contributed by atoms with Gasteiger partial charge in [0.2, 0.25) is 5.82 Å². The standard InChI is InChI=1S/C12H19N3O3/c1-5-14(8-12(3,4)16)11-10(15(17)18)6-9(2)7-13-11/h6-7,16H,5,8H2,1-4H3. The van der Waals surface area contributed by atoms with Crippen molar-refractivity contribution >= 4 is 11.5 Å². The largest absolute Gasteiger partial charge is 0.389 e. The summed E-state index contributed by atoms with van der Waals surface area (Å²) >= 11 is 0. The normalized spacial score (nSPS) is 11.4. The molecule has 18 heavy (non-hydrogen) atoms. The van der Waals surface area contributed by atoms with E-state index in [0.29, 0.717) is 18.9 Å². The van der Waals surface area contributed by atoms with Gasteiger partial charge in [0.1, 0.15) is 0 Å². The van der Waals surface area contributed by atoms with E-state index in [1.54, 1.807) is 31.9 Å². The fourth-order valence-electron chi connectivity index (χ4n) is 1.73. The fourth-order valence-corrected chi connectivity index (χ4v) is 1.73. The molecule has 0 bridgehead atoms. The maximum absolute atomic E-state index is 11.0. The van der Waals surface area contributed by atoms with Gasteiger partial charge in [0, 0.05) is 25.4 Å². The monoisotopic (exact) mass is 253 g/mol. The van der Waals surface area contributed by atoms with Crippen LogP contribution in [0.3, 0.4) is 0 Å². The van der Waals surface area contributed by atoms with Crippen LogP contribution < -0.4 is 4.90 Å². The topological polar surface area (TPSA) is 79.5 Å². The average molecular weight is 253 g/mol. The third-order valence-corrected chi connectivity index (χ3v) is 2.44. The molecule has 1 aromatic rings. The molecule has 0 aliphatic heterocycles. The molecule has 6 heteroatoms. The van der Waals surface area contributed by atoms with E-state index in [0.717, 1.165) is 5.56 Å². The van der Waals surface area contributed by atoms with Crippen LogP contribution in [0.4, 0.5) is 11.5 Å². The highest BCUT2D eigenvalue weighted by atomic mass is 16.6. The molecule has 1 aromatic heterocycles. The summed E-state index contributed by atoms with van der Waals surface area (Å²) in [4.78, 5) is 16.4. The quantitative estimate of drug-likeness (QED) is 0.640. The number of nitro groups is 1. The Kier molecular flexibility index (Phi) is 4.24. The zero-order valence-electron chi connectivity index (χ0n) is 11.2. The average Bonchev–Trinajstić information content (AvgIpc) is 2.24. The molecule has 0 saturated heterocycles. The Balaban J connectivity index is 3.17. The summed E-state index contributed by atoms with van der Waals surface area (Å²) in [5, 5.41) is 20.9. The van der Waals surface area contributed by atoms with Crippen molar-refractivity contribution < 1.29 is 10.0 Å². The number of aromatic nitrogens is 1. The van der Waals surface area contributed by atoms with Gasteiger partial charge < -0.3 is 10.0 Å². The van der Waals surface area contributed by atoms with Gasteiger partial charge in [0.15, 0.2) is 0 Å². The zero-order valence-corrected chi connectivity index (χ0v) is 11.2. The van der Waals surface area contributed by atoms with Gasteiger partial charge in [-0.05, 0) is 33.3 Å². The molecule has 0 saturated carbocycles. The lowest BCUT2D eigenvalue weighted by molar-refractivity contribution is -0.384. The van der Waals surface area contributed by atoms with Gasteiger partial charge in [-0.25, -0.2) is 4.98 Å². The van der Waals surface area contributed by atoms with Crippen LogP contribution in [-0.2, 0) is 0 Å². The molecule has 0 aromatic carbocycles. The predicted octanol–water partition coefficient (Wildman–Crippen LogP) is 1.90. The van der Waals surface area contributed by atoms with Crippen LogP contribution in [0.15, 0.2) is 12.3 Å². The molecule has 0 atom stereocenters. The number of rotatable bonds is 5. The van der Waals surface area contributed by atoms with Gasteiger partial charge in [0.05, 0.1) is 10.5 Å². The van der Waals surface area contributed by atoms with Crippen LogP contribution >= 0.6 is 0 Å². The summed E-state index contributed by atoms with van der Waals surface area (Å²) in [7, 11) is 0. The number of hydrogen-bond acceptors (Lipinski definition) is 5. The maximum Gasteiger partial charge on any atom is 0.311 e. The fraction of sp³-hybridized carbons (Fsp3) is 0.583. The molecule has 0 aliphatic rings. The second-order valence-electron chi connectivity index (χ2n) is 4.94. The summed E-state index contributed by atoms with van der Waals surface area (Å²) in [6, 6.07) is 1.50. The number of hydrogen-bond donors (Lipinski definition) is 1. The van der Waals surface area contributed by atoms with Gasteiger partial charge in [-0.3, -0.25) is 10.1 Å². The lowest BCUT2D eigenvalue weighted by Gasteiger charge is -2.28. The number of likely N-dealkylation sites (N-methyl/N-ethyl adjacent to an activating group) is 1. The number of anilines is 1. The minimum Gasteiger partial charge on any atom is -0.389 e. The first kappa shape index (κ1) is 14.4. The third-order valence-electron chi connectivity index (χ3n) is 2.44. The molecule has 0 aliphatic carbocycles. The van der Waals surface area contributed by atoms with E-state index in [9.17, 15) is 15.2 Å². The van der Waals surface area contributed by atoms with Gasteiger partial charge >= 0.3 is 5.69 Å². The van der Waals surface area contributed by atoms with Crippen LogP contribution in [0, 0.1) is 17.0 Å². The van der Waals surface area contributed by atoms with Crippen molar-refractivity contribution in [1.82, 2.24) is 4.98 Å². The lowest BCUT2D eigenvalue weighted by Crippen LogP contribution is -2.39. The van der Waals surface area contributed by atoms with Crippen molar-refractivity contribution in [3.63, 3.8) is 0 Å². The highest BCUT2D eigenvalue weighted by Crippen LogP contribution is 2.27. The molecular formula is C12H19N3O3. The van der Waals surface area contributed by atoms with Crippen molar-refractivity contribution in [2.45, 2.75) is 33.3 Å². The Bertz CT molecular complexity index is 441. The molecule has 100 valence electrons. The molecule has 0 radical (unpaired) electrons. The first-order chi connectivity index (χ1) is 8.24. The van der Waals surface area contributed by atoms with Crippen LogP contribution in [0.25, 0.3) is 0 Å². The van der Waals surface area contributed by atoms with E-state index in [4.69, 9.17) is 0 Å². The Morgan fingerprint density at radius 2 is 2.17 bits per heavy atom. The van der Waals surface area contributed by atoms with E-state index < -0.39 is 10.5 Å². The Morgan fingerprint density at radius 3 is 2.61 bits per heavy atom. The Hall–Kier alpha value is -1.69. The SMILES string of the molecule is CCN(CC(C)(C)O)c1ncc(C)cc1[N+](=O)[O-]. The molecule has 0 amide bonds. The summed E-state index contributed by atoms with van der Waals surface area (Å²) in [5.41, 5.74) is -0.220. The molecule has 6 nitrogen and oxygen atoms in total. The number of pyridine rings is 1. The van der Waals surface area contributed by atoms with Crippen molar-refractivity contribution in [1.29, 1.82) is 0 Å². The second-order valence-corrected chi connectivity index (χ2v) is 4.94. The predicted molar refractivity (Wildman–Crippen MR) is 69.8 cm³/mol. The van der Waals surface area contributed by atoms with Gasteiger partial charge in [0.25, 0.3) is 0 Å². The van der Waals surface area contributed by atoms with E-state index in [-0.39, 0.29) is 5.69 Å². The second kappa shape index (κ2) is 5.30. The maximum atomic E-state index is 11.0. The summed E-state index contributed by atoms with van der Waals surface area (Å²) in [5.74, 6) is 0.301. The first-order valence-corrected chi connectivity index (χ1v) is 5.83. The van der Waals surface area contributed by atoms with Crippen molar-refractivity contribution in [3.8, 4) is 0 Å². The summed E-state index contributed by atoms with van der Waals surface area (Å²) in [6.07, 6.45) is 1.59. The Morgan fingerprint density at radius 1 is 1.56 bits per heavy atom. The molecule has 1 N–H and O–H groups in total. The third kappa shape index (κ3) is 3.66. The molecule has 1 rings (SSSR count). The van der Waals surface area contributed by atoms with Gasteiger partial charge in [-0.1, -0.05) is 0 Å². The zero-order chi connectivity index (χ0) is 13.9. The minimum absolute atomic E-state index is 0.0268.